The second-order valence-corrected chi connectivity index (χ2v) is 5.84. The number of aromatic nitrogens is 3. The van der Waals surface area contributed by atoms with Crippen LogP contribution in [0.3, 0.4) is 0 Å². The van der Waals surface area contributed by atoms with Crippen molar-refractivity contribution < 1.29 is 5.11 Å². The van der Waals surface area contributed by atoms with Gasteiger partial charge in [-0.1, -0.05) is 25.6 Å². The fourth-order valence-electron chi connectivity index (χ4n) is 1.79. The zero-order valence-electron chi connectivity index (χ0n) is 10.7. The summed E-state index contributed by atoms with van der Waals surface area (Å²) in [5.74, 6) is 0.977. The van der Waals surface area contributed by atoms with Crippen molar-refractivity contribution in [1.82, 2.24) is 20.5 Å². The van der Waals surface area contributed by atoms with Gasteiger partial charge in [0.05, 0.1) is 6.61 Å². The van der Waals surface area contributed by atoms with Crippen molar-refractivity contribution in [3.05, 3.63) is 6.33 Å². The number of nitrogens with one attached hydrogen (secondary N) is 2. The molecule has 0 bridgehead atoms. The molecule has 0 aromatic carbocycles. The van der Waals surface area contributed by atoms with E-state index in [0.29, 0.717) is 6.04 Å². The minimum absolute atomic E-state index is 0.165. The van der Waals surface area contributed by atoms with E-state index >= 15 is 0 Å². The van der Waals surface area contributed by atoms with E-state index in [-0.39, 0.29) is 12.1 Å². The summed E-state index contributed by atoms with van der Waals surface area (Å²) in [6, 6.07) is 0.383. The minimum Gasteiger partial charge on any atom is -0.394 e. The quantitative estimate of drug-likeness (QED) is 0.486. The van der Waals surface area contributed by atoms with E-state index < -0.39 is 0 Å². The molecular weight excluding hydrogens is 236 g/mol. The molecule has 0 aliphatic carbocycles. The lowest BCUT2D eigenvalue weighted by atomic mass is 9.96. The van der Waals surface area contributed by atoms with E-state index in [1.54, 1.807) is 11.8 Å². The summed E-state index contributed by atoms with van der Waals surface area (Å²) < 4.78 is 0. The van der Waals surface area contributed by atoms with Crippen LogP contribution >= 0.6 is 11.8 Å². The second kappa shape index (κ2) is 6.98. The van der Waals surface area contributed by atoms with Gasteiger partial charge in [-0.15, -0.1) is 0 Å². The number of thioether (sulfide) groups is 1. The van der Waals surface area contributed by atoms with Crippen LogP contribution in [0.15, 0.2) is 11.5 Å². The lowest BCUT2D eigenvalue weighted by Crippen LogP contribution is -2.49. The summed E-state index contributed by atoms with van der Waals surface area (Å²) >= 11 is 1.66. The van der Waals surface area contributed by atoms with Crippen molar-refractivity contribution in [2.75, 3.05) is 12.4 Å². The highest BCUT2D eigenvalue weighted by Crippen LogP contribution is 2.18. The van der Waals surface area contributed by atoms with Crippen LogP contribution in [-0.2, 0) is 0 Å². The topological polar surface area (TPSA) is 73.8 Å². The fourth-order valence-corrected chi connectivity index (χ4v) is 2.51. The Kier molecular flexibility index (Phi) is 5.94. The largest absolute Gasteiger partial charge is 0.394 e. The maximum absolute atomic E-state index is 9.42. The molecule has 17 heavy (non-hydrogen) atoms. The molecule has 1 aromatic rings. The summed E-state index contributed by atoms with van der Waals surface area (Å²) in [5.41, 5.74) is -0.184. The Morgan fingerprint density at radius 2 is 2.35 bits per heavy atom. The molecule has 5 nitrogen and oxygen atoms in total. The first-order valence-corrected chi connectivity index (χ1v) is 6.91. The van der Waals surface area contributed by atoms with Crippen LogP contribution in [0, 0.1) is 0 Å². The fraction of sp³-hybridized carbons (Fsp3) is 0.818. The molecule has 98 valence electrons. The first-order valence-electron chi connectivity index (χ1n) is 5.92. The predicted octanol–water partition coefficient (Wildman–Crippen LogP) is 1.43. The van der Waals surface area contributed by atoms with E-state index in [9.17, 15) is 5.11 Å². The number of aliphatic hydroxyl groups excluding tert-OH is 1. The van der Waals surface area contributed by atoms with Gasteiger partial charge in [0.15, 0.2) is 5.16 Å². The molecule has 1 heterocycles. The molecule has 1 rings (SSSR count). The zero-order chi connectivity index (χ0) is 12.7. The van der Waals surface area contributed by atoms with Gasteiger partial charge >= 0.3 is 0 Å². The molecule has 0 spiro atoms. The molecule has 0 saturated heterocycles. The molecule has 6 heteroatoms. The van der Waals surface area contributed by atoms with Gasteiger partial charge in [0, 0.05) is 17.3 Å². The first kappa shape index (κ1) is 14.5. The molecule has 0 aliphatic rings. The second-order valence-electron chi connectivity index (χ2n) is 4.76. The third-order valence-corrected chi connectivity index (χ3v) is 3.45. The van der Waals surface area contributed by atoms with Crippen molar-refractivity contribution >= 4 is 11.8 Å². The Labute approximate surface area is 107 Å². The average Bonchev–Trinajstić information content (AvgIpc) is 2.76. The Morgan fingerprint density at radius 1 is 1.59 bits per heavy atom. The molecule has 0 fully saturated rings. The van der Waals surface area contributed by atoms with Crippen LogP contribution in [-0.4, -0.2) is 44.2 Å². The molecule has 0 radical (unpaired) electrons. The Morgan fingerprint density at radius 3 is 2.88 bits per heavy atom. The van der Waals surface area contributed by atoms with Crippen molar-refractivity contribution in [3.8, 4) is 0 Å². The van der Waals surface area contributed by atoms with Gasteiger partial charge in [-0.2, -0.15) is 5.10 Å². The SMILES string of the molecule is CC(C)NC(C)(CO)CCCSc1ncn[nH]1. The normalized spacial score (nSPS) is 15.1. The minimum atomic E-state index is -0.184. The number of H-pyrrole nitrogens is 1. The van der Waals surface area contributed by atoms with Crippen LogP contribution in [0.25, 0.3) is 0 Å². The summed E-state index contributed by atoms with van der Waals surface area (Å²) in [6.07, 6.45) is 3.49. The van der Waals surface area contributed by atoms with E-state index in [1.807, 2.05) is 0 Å². The van der Waals surface area contributed by atoms with Gasteiger partial charge in [-0.05, 0) is 19.8 Å². The van der Waals surface area contributed by atoms with E-state index in [4.69, 9.17) is 0 Å². The highest BCUT2D eigenvalue weighted by molar-refractivity contribution is 7.99. The van der Waals surface area contributed by atoms with E-state index in [0.717, 1.165) is 23.8 Å². The number of aliphatic hydroxyl groups is 1. The predicted molar refractivity (Wildman–Crippen MR) is 70.1 cm³/mol. The summed E-state index contributed by atoms with van der Waals surface area (Å²) in [4.78, 5) is 4.05. The van der Waals surface area contributed by atoms with Crippen LogP contribution in [0.5, 0.6) is 0 Å². The Balaban J connectivity index is 2.23. The van der Waals surface area contributed by atoms with Gasteiger partial charge in [0.25, 0.3) is 0 Å². The lowest BCUT2D eigenvalue weighted by Gasteiger charge is -2.31. The van der Waals surface area contributed by atoms with Crippen molar-refractivity contribution in [3.63, 3.8) is 0 Å². The monoisotopic (exact) mass is 258 g/mol. The Bertz CT molecular complexity index is 304. The maximum atomic E-state index is 9.42. The molecular formula is C11H22N4OS. The highest BCUT2D eigenvalue weighted by Gasteiger charge is 2.23. The molecule has 0 amide bonds. The number of nitrogens with zero attached hydrogens (tertiary/aromatic N) is 2. The molecule has 3 N–H and O–H groups in total. The molecule has 1 atom stereocenters. The summed E-state index contributed by atoms with van der Waals surface area (Å²) in [7, 11) is 0. The molecule has 0 saturated carbocycles. The first-order chi connectivity index (χ1) is 8.06. The lowest BCUT2D eigenvalue weighted by molar-refractivity contribution is 0.156. The van der Waals surface area contributed by atoms with Gasteiger partial charge in [-0.25, -0.2) is 4.98 Å². The summed E-state index contributed by atoms with van der Waals surface area (Å²) in [6.45, 7) is 6.42. The van der Waals surface area contributed by atoms with Gasteiger partial charge in [-0.3, -0.25) is 5.10 Å². The van der Waals surface area contributed by atoms with Gasteiger partial charge in [0.1, 0.15) is 6.33 Å². The number of hydrogen-bond acceptors (Lipinski definition) is 5. The van der Waals surface area contributed by atoms with E-state index in [1.165, 1.54) is 6.33 Å². The van der Waals surface area contributed by atoms with Gasteiger partial charge in [0.2, 0.25) is 0 Å². The van der Waals surface area contributed by atoms with Crippen LogP contribution < -0.4 is 5.32 Å². The Hall–Kier alpha value is -0.590. The van der Waals surface area contributed by atoms with Crippen molar-refractivity contribution in [2.24, 2.45) is 0 Å². The third kappa shape index (κ3) is 5.52. The van der Waals surface area contributed by atoms with Crippen LogP contribution in [0.4, 0.5) is 0 Å². The van der Waals surface area contributed by atoms with Crippen molar-refractivity contribution in [2.45, 2.75) is 50.4 Å². The third-order valence-electron chi connectivity index (χ3n) is 2.49. The van der Waals surface area contributed by atoms with E-state index in [2.05, 4.69) is 41.3 Å². The van der Waals surface area contributed by atoms with Crippen LogP contribution in [0.1, 0.15) is 33.6 Å². The molecule has 1 unspecified atom stereocenters. The van der Waals surface area contributed by atoms with Gasteiger partial charge < -0.3 is 10.4 Å². The number of hydrogen-bond donors (Lipinski definition) is 3. The number of aromatic amines is 1. The molecule has 0 aliphatic heterocycles. The maximum Gasteiger partial charge on any atom is 0.183 e. The van der Waals surface area contributed by atoms with Crippen molar-refractivity contribution in [1.29, 1.82) is 0 Å². The van der Waals surface area contributed by atoms with Crippen LogP contribution in [0.2, 0.25) is 0 Å². The average molecular weight is 258 g/mol. The molecule has 1 aromatic heterocycles. The smallest absolute Gasteiger partial charge is 0.183 e. The summed E-state index contributed by atoms with van der Waals surface area (Å²) in [5, 5.41) is 20.3. The standard InChI is InChI=1S/C11H22N4OS/c1-9(2)14-11(3,7-16)5-4-6-17-10-12-8-13-15-10/h8-9,14,16H,4-7H2,1-3H3,(H,12,13,15). The zero-order valence-corrected chi connectivity index (χ0v) is 11.5. The highest BCUT2D eigenvalue weighted by atomic mass is 32.2. The number of rotatable bonds is 8.